The van der Waals surface area contributed by atoms with E-state index in [2.05, 4.69) is 68.2 Å². The van der Waals surface area contributed by atoms with E-state index in [1.807, 2.05) is 30.3 Å². The fourth-order valence-electron chi connectivity index (χ4n) is 4.79. The van der Waals surface area contributed by atoms with Crippen molar-refractivity contribution in [3.63, 3.8) is 0 Å². The zero-order valence-corrected chi connectivity index (χ0v) is 22.5. The van der Waals surface area contributed by atoms with Crippen LogP contribution in [0, 0.1) is 17.7 Å². The lowest BCUT2D eigenvalue weighted by Gasteiger charge is -2.06. The highest BCUT2D eigenvalue weighted by Crippen LogP contribution is 2.23. The molecule has 0 aliphatic heterocycles. The van der Waals surface area contributed by atoms with Crippen LogP contribution in [0.25, 0.3) is 10.8 Å². The molecule has 0 spiro atoms. The summed E-state index contributed by atoms with van der Waals surface area (Å²) in [5.74, 6) is 5.97. The number of halogens is 1. The smallest absolute Gasteiger partial charge is 0.146 e. The van der Waals surface area contributed by atoms with Crippen molar-refractivity contribution < 1.29 is 4.39 Å². The van der Waals surface area contributed by atoms with Gasteiger partial charge in [-0.15, -0.1) is 0 Å². The van der Waals surface area contributed by atoms with Crippen molar-refractivity contribution >= 4 is 10.8 Å². The Morgan fingerprint density at radius 3 is 1.81 bits per heavy atom. The Balaban J connectivity index is 1.33. The van der Waals surface area contributed by atoms with Crippen LogP contribution in [0.2, 0.25) is 0 Å². The van der Waals surface area contributed by atoms with E-state index in [0.717, 1.165) is 43.1 Å². The molecule has 0 fully saturated rings. The Hall–Kier alpha value is -3.37. The molecule has 0 amide bonds. The number of hydrogen-bond donors (Lipinski definition) is 0. The molecular formula is C36H39F. The van der Waals surface area contributed by atoms with Crippen LogP contribution in [0.1, 0.15) is 85.8 Å². The Morgan fingerprint density at radius 2 is 1.14 bits per heavy atom. The van der Waals surface area contributed by atoms with Gasteiger partial charge in [0.15, 0.2) is 0 Å². The van der Waals surface area contributed by atoms with Crippen LogP contribution < -0.4 is 0 Å². The van der Waals surface area contributed by atoms with Gasteiger partial charge in [0, 0.05) is 10.9 Å². The van der Waals surface area contributed by atoms with Crippen LogP contribution in [0.4, 0.5) is 4.39 Å². The fourth-order valence-corrected chi connectivity index (χ4v) is 4.79. The van der Waals surface area contributed by atoms with Crippen molar-refractivity contribution in [1.29, 1.82) is 0 Å². The minimum absolute atomic E-state index is 0.226. The van der Waals surface area contributed by atoms with Crippen molar-refractivity contribution in [3.05, 3.63) is 118 Å². The second kappa shape index (κ2) is 13.8. The second-order valence-electron chi connectivity index (χ2n) is 10.2. The van der Waals surface area contributed by atoms with Crippen LogP contribution in [-0.2, 0) is 25.7 Å². The Kier molecular flexibility index (Phi) is 9.96. The SMILES string of the molecule is CCCCCCc1ccc(CCc2ccc(C#Cc3ccc4cc(CCCC)ccc4c3F)cc2)cc1. The first-order valence-electron chi connectivity index (χ1n) is 14.1. The van der Waals surface area contributed by atoms with Gasteiger partial charge >= 0.3 is 0 Å². The van der Waals surface area contributed by atoms with E-state index >= 15 is 4.39 Å². The third-order valence-electron chi connectivity index (χ3n) is 7.18. The molecule has 0 aliphatic carbocycles. The summed E-state index contributed by atoms with van der Waals surface area (Å²) < 4.78 is 15.1. The van der Waals surface area contributed by atoms with E-state index in [1.165, 1.54) is 54.4 Å². The Bertz CT molecular complexity index is 1330. The summed E-state index contributed by atoms with van der Waals surface area (Å²) in [5.41, 5.74) is 6.75. The predicted molar refractivity (Wildman–Crippen MR) is 157 cm³/mol. The van der Waals surface area contributed by atoms with Gasteiger partial charge < -0.3 is 0 Å². The van der Waals surface area contributed by atoms with Gasteiger partial charge in [-0.1, -0.05) is 112 Å². The van der Waals surface area contributed by atoms with Crippen molar-refractivity contribution in [2.45, 2.75) is 78.1 Å². The molecule has 0 unspecified atom stereocenters. The standard InChI is InChI=1S/C36H39F/c1-3-5-7-8-10-28-11-13-29(14-12-28)15-16-30-17-19-31(20-18-30)21-23-33-24-25-34-27-32(9-6-4-2)22-26-35(34)36(33)37/h11-14,17-20,22,24-27H,3-10,15-16H2,1-2H3. The van der Waals surface area contributed by atoms with E-state index in [0.29, 0.717) is 10.9 Å². The van der Waals surface area contributed by atoms with E-state index in [4.69, 9.17) is 0 Å². The molecule has 0 saturated heterocycles. The molecule has 190 valence electrons. The summed E-state index contributed by atoms with van der Waals surface area (Å²) in [6.45, 7) is 4.45. The van der Waals surface area contributed by atoms with Gasteiger partial charge in [-0.05, 0) is 84.4 Å². The topological polar surface area (TPSA) is 0 Å². The molecule has 4 aromatic carbocycles. The third kappa shape index (κ3) is 7.80. The molecule has 0 atom stereocenters. The van der Waals surface area contributed by atoms with Crippen LogP contribution in [-0.4, -0.2) is 0 Å². The van der Waals surface area contributed by atoms with Crippen molar-refractivity contribution in [2.75, 3.05) is 0 Å². The van der Waals surface area contributed by atoms with Crippen molar-refractivity contribution in [1.82, 2.24) is 0 Å². The van der Waals surface area contributed by atoms with E-state index in [-0.39, 0.29) is 5.82 Å². The number of aryl methyl sites for hydroxylation is 4. The number of rotatable bonds is 11. The average Bonchev–Trinajstić information content (AvgIpc) is 2.94. The number of hydrogen-bond acceptors (Lipinski definition) is 0. The quantitative estimate of drug-likeness (QED) is 0.145. The van der Waals surface area contributed by atoms with Gasteiger partial charge in [-0.25, -0.2) is 4.39 Å². The lowest BCUT2D eigenvalue weighted by atomic mass is 10.00. The maximum Gasteiger partial charge on any atom is 0.146 e. The summed E-state index contributed by atoms with van der Waals surface area (Å²) in [5, 5.41) is 1.59. The Labute approximate surface area is 223 Å². The highest BCUT2D eigenvalue weighted by Gasteiger charge is 2.07. The molecule has 0 bridgehead atoms. The minimum atomic E-state index is -0.226. The van der Waals surface area contributed by atoms with Crippen LogP contribution in [0.15, 0.2) is 78.9 Å². The maximum atomic E-state index is 15.1. The molecule has 0 radical (unpaired) electrons. The highest BCUT2D eigenvalue weighted by atomic mass is 19.1. The van der Waals surface area contributed by atoms with Crippen molar-refractivity contribution in [3.8, 4) is 11.8 Å². The molecule has 37 heavy (non-hydrogen) atoms. The first-order chi connectivity index (χ1) is 18.2. The molecule has 0 heterocycles. The van der Waals surface area contributed by atoms with Crippen LogP contribution in [0.5, 0.6) is 0 Å². The van der Waals surface area contributed by atoms with E-state index < -0.39 is 0 Å². The zero-order chi connectivity index (χ0) is 25.9. The summed E-state index contributed by atoms with van der Waals surface area (Å²) in [6, 6.07) is 27.3. The molecule has 0 N–H and O–H groups in total. The fraction of sp³-hybridized carbons (Fsp3) is 0.333. The summed E-state index contributed by atoms with van der Waals surface area (Å²) in [7, 11) is 0. The van der Waals surface area contributed by atoms with Gasteiger partial charge in [0.25, 0.3) is 0 Å². The van der Waals surface area contributed by atoms with Gasteiger partial charge in [0.05, 0.1) is 5.56 Å². The van der Waals surface area contributed by atoms with Gasteiger partial charge in [-0.2, -0.15) is 0 Å². The summed E-state index contributed by atoms with van der Waals surface area (Å²) in [4.78, 5) is 0. The van der Waals surface area contributed by atoms with Crippen LogP contribution in [0.3, 0.4) is 0 Å². The Morgan fingerprint density at radius 1 is 0.541 bits per heavy atom. The number of benzene rings is 4. The molecule has 4 rings (SSSR count). The first-order valence-corrected chi connectivity index (χ1v) is 14.1. The third-order valence-corrected chi connectivity index (χ3v) is 7.18. The molecule has 1 heteroatoms. The lowest BCUT2D eigenvalue weighted by Crippen LogP contribution is -1.93. The molecule has 4 aromatic rings. The molecule has 0 saturated carbocycles. The minimum Gasteiger partial charge on any atom is -0.205 e. The normalized spacial score (nSPS) is 10.9. The molecular weight excluding hydrogens is 451 g/mol. The summed E-state index contributed by atoms with van der Waals surface area (Å²) in [6.07, 6.45) is 11.8. The molecule has 0 aromatic heterocycles. The zero-order valence-electron chi connectivity index (χ0n) is 22.5. The molecule has 0 aliphatic rings. The first kappa shape index (κ1) is 26.7. The van der Waals surface area contributed by atoms with Crippen molar-refractivity contribution in [2.24, 2.45) is 0 Å². The average molecular weight is 491 g/mol. The number of fused-ring (bicyclic) bond motifs is 1. The van der Waals surface area contributed by atoms with E-state index in [9.17, 15) is 0 Å². The largest absolute Gasteiger partial charge is 0.205 e. The van der Waals surface area contributed by atoms with E-state index in [1.54, 1.807) is 6.07 Å². The maximum absolute atomic E-state index is 15.1. The predicted octanol–water partition coefficient (Wildman–Crippen LogP) is 9.63. The monoisotopic (exact) mass is 490 g/mol. The van der Waals surface area contributed by atoms with Crippen LogP contribution >= 0.6 is 0 Å². The van der Waals surface area contributed by atoms with Gasteiger partial charge in [0.2, 0.25) is 0 Å². The molecule has 0 nitrogen and oxygen atoms in total. The highest BCUT2D eigenvalue weighted by molar-refractivity contribution is 5.85. The lowest BCUT2D eigenvalue weighted by molar-refractivity contribution is 0.636. The van der Waals surface area contributed by atoms with Gasteiger partial charge in [-0.3, -0.25) is 0 Å². The number of unbranched alkanes of at least 4 members (excludes halogenated alkanes) is 4. The van der Waals surface area contributed by atoms with Gasteiger partial charge in [0.1, 0.15) is 5.82 Å². The summed E-state index contributed by atoms with van der Waals surface area (Å²) >= 11 is 0. The second-order valence-corrected chi connectivity index (χ2v) is 10.2.